The summed E-state index contributed by atoms with van der Waals surface area (Å²) in [5.41, 5.74) is 2.40. The number of carbonyl (C=O) groups is 2. The first kappa shape index (κ1) is 23.8. The second kappa shape index (κ2) is 10.7. The topological polar surface area (TPSA) is 69.0 Å². The molecule has 0 atom stereocenters. The highest BCUT2D eigenvalue weighted by Gasteiger charge is 2.32. The normalized spacial score (nSPS) is 14.6. The monoisotopic (exact) mass is 493 g/mol. The minimum atomic E-state index is -0.358. The van der Waals surface area contributed by atoms with Crippen LogP contribution in [0.3, 0.4) is 0 Å². The summed E-state index contributed by atoms with van der Waals surface area (Å²) in [6.07, 6.45) is 2.40. The molecule has 1 amide bonds. The number of esters is 1. The number of carbonyl (C=O) groups excluding carboxylic acids is 2. The van der Waals surface area contributed by atoms with Gasteiger partial charge in [0, 0.05) is 18.2 Å². The maximum atomic E-state index is 12.9. The molecule has 0 N–H and O–H groups in total. The summed E-state index contributed by atoms with van der Waals surface area (Å²) in [5, 5.41) is 0. The van der Waals surface area contributed by atoms with Crippen LogP contribution in [0.2, 0.25) is 0 Å². The van der Waals surface area contributed by atoms with Gasteiger partial charge in [-0.05, 0) is 55.3 Å². The summed E-state index contributed by atoms with van der Waals surface area (Å²) in [5.74, 6) is 1.50. The van der Waals surface area contributed by atoms with Crippen molar-refractivity contribution in [3.05, 3.63) is 82.5 Å². The summed E-state index contributed by atoms with van der Waals surface area (Å²) in [7, 11) is 1.63. The Labute approximate surface area is 207 Å². The van der Waals surface area contributed by atoms with Gasteiger partial charge in [-0.3, -0.25) is 9.69 Å². The molecule has 0 saturated carbocycles. The second-order valence-electron chi connectivity index (χ2n) is 7.43. The van der Waals surface area contributed by atoms with Crippen LogP contribution in [0.4, 0.5) is 0 Å². The van der Waals surface area contributed by atoms with Crippen molar-refractivity contribution >= 4 is 46.3 Å². The Morgan fingerprint density at radius 1 is 1.09 bits per heavy atom. The standard InChI is InChI=1S/C26H23NO5S2/c1-3-31-25(29)19-8-6-18(7-9-19)22-13-12-21(32-22)16-23-24(28)27(26(33)34-23)15-14-17-4-10-20(30-2)11-5-17/h4-13,16H,3,14-15H2,1-2H3/b23-16-. The van der Waals surface area contributed by atoms with Gasteiger partial charge in [-0.25, -0.2) is 4.79 Å². The minimum Gasteiger partial charge on any atom is -0.497 e. The number of hydrogen-bond acceptors (Lipinski definition) is 7. The third kappa shape index (κ3) is 5.40. The van der Waals surface area contributed by atoms with Crippen LogP contribution in [-0.2, 0) is 16.0 Å². The third-order valence-corrected chi connectivity index (χ3v) is 6.62. The van der Waals surface area contributed by atoms with Crippen molar-refractivity contribution in [2.75, 3.05) is 20.3 Å². The van der Waals surface area contributed by atoms with E-state index in [1.165, 1.54) is 11.8 Å². The number of nitrogens with zero attached hydrogens (tertiary/aromatic N) is 1. The van der Waals surface area contributed by atoms with Gasteiger partial charge >= 0.3 is 5.97 Å². The molecule has 174 valence electrons. The Bertz CT molecular complexity index is 1230. The number of thioether (sulfide) groups is 1. The lowest BCUT2D eigenvalue weighted by Gasteiger charge is -2.14. The second-order valence-corrected chi connectivity index (χ2v) is 9.11. The Balaban J connectivity index is 1.41. The fourth-order valence-corrected chi connectivity index (χ4v) is 4.71. The molecule has 1 aromatic heterocycles. The first-order chi connectivity index (χ1) is 16.5. The quantitative estimate of drug-likeness (QED) is 0.231. The van der Waals surface area contributed by atoms with E-state index in [1.54, 1.807) is 55.3 Å². The van der Waals surface area contributed by atoms with Gasteiger partial charge in [0.05, 0.1) is 24.2 Å². The fourth-order valence-electron chi connectivity index (χ4n) is 3.43. The zero-order valence-electron chi connectivity index (χ0n) is 18.8. The Hall–Kier alpha value is -3.36. The molecule has 1 aliphatic rings. The number of hydrogen-bond donors (Lipinski definition) is 0. The molecule has 8 heteroatoms. The van der Waals surface area contributed by atoms with Crippen LogP contribution in [0.15, 0.2) is 70.0 Å². The van der Waals surface area contributed by atoms with Crippen molar-refractivity contribution in [1.29, 1.82) is 0 Å². The highest BCUT2D eigenvalue weighted by atomic mass is 32.2. The first-order valence-electron chi connectivity index (χ1n) is 10.7. The molecule has 2 aromatic carbocycles. The van der Waals surface area contributed by atoms with Crippen LogP contribution < -0.4 is 4.74 Å². The highest BCUT2D eigenvalue weighted by Crippen LogP contribution is 2.34. The van der Waals surface area contributed by atoms with Crippen molar-refractivity contribution in [2.45, 2.75) is 13.3 Å². The van der Waals surface area contributed by atoms with E-state index in [-0.39, 0.29) is 11.9 Å². The number of thiocarbonyl (C=S) groups is 1. The molecule has 1 aliphatic heterocycles. The van der Waals surface area contributed by atoms with Crippen LogP contribution in [0.1, 0.15) is 28.6 Å². The molecular weight excluding hydrogens is 470 g/mol. The van der Waals surface area contributed by atoms with Crippen molar-refractivity contribution < 1.29 is 23.5 Å². The van der Waals surface area contributed by atoms with Crippen LogP contribution >= 0.6 is 24.0 Å². The van der Waals surface area contributed by atoms with Crippen LogP contribution in [0.25, 0.3) is 17.4 Å². The van der Waals surface area contributed by atoms with Gasteiger partial charge in [0.2, 0.25) is 0 Å². The van der Waals surface area contributed by atoms with Crippen LogP contribution in [-0.4, -0.2) is 41.4 Å². The number of rotatable bonds is 8. The molecule has 4 rings (SSSR count). The van der Waals surface area contributed by atoms with E-state index in [1.807, 2.05) is 30.3 Å². The number of benzene rings is 2. The predicted octanol–water partition coefficient (Wildman–Crippen LogP) is 5.58. The Morgan fingerprint density at radius 3 is 2.50 bits per heavy atom. The van der Waals surface area contributed by atoms with E-state index in [0.717, 1.165) is 16.9 Å². The largest absolute Gasteiger partial charge is 0.497 e. The van der Waals surface area contributed by atoms with Gasteiger partial charge in [0.25, 0.3) is 5.91 Å². The summed E-state index contributed by atoms with van der Waals surface area (Å²) in [6, 6.07) is 18.4. The van der Waals surface area contributed by atoms with Crippen molar-refractivity contribution in [3.63, 3.8) is 0 Å². The maximum Gasteiger partial charge on any atom is 0.338 e. The predicted molar refractivity (Wildman–Crippen MR) is 137 cm³/mol. The molecular formula is C26H23NO5S2. The van der Waals surface area contributed by atoms with Gasteiger partial charge in [-0.1, -0.05) is 48.2 Å². The molecule has 34 heavy (non-hydrogen) atoms. The number of methoxy groups -OCH3 is 1. The fraction of sp³-hybridized carbons (Fsp3) is 0.192. The lowest BCUT2D eigenvalue weighted by atomic mass is 10.1. The number of ether oxygens (including phenoxy) is 2. The molecule has 2 heterocycles. The SMILES string of the molecule is CCOC(=O)c1ccc(-c2ccc(/C=C3\SC(=S)N(CCc4ccc(OC)cc4)C3=O)o2)cc1. The Morgan fingerprint density at radius 2 is 1.82 bits per heavy atom. The van der Waals surface area contributed by atoms with Crippen molar-refractivity contribution in [3.8, 4) is 17.1 Å². The minimum absolute atomic E-state index is 0.125. The first-order valence-corrected chi connectivity index (χ1v) is 12.0. The average Bonchev–Trinajstić information content (AvgIpc) is 3.42. The molecule has 6 nitrogen and oxygen atoms in total. The van der Waals surface area contributed by atoms with E-state index < -0.39 is 0 Å². The lowest BCUT2D eigenvalue weighted by molar-refractivity contribution is -0.122. The smallest absolute Gasteiger partial charge is 0.338 e. The van der Waals surface area contributed by atoms with Crippen LogP contribution in [0, 0.1) is 0 Å². The molecule has 1 saturated heterocycles. The molecule has 1 fully saturated rings. The van der Waals surface area contributed by atoms with E-state index >= 15 is 0 Å². The molecule has 0 spiro atoms. The molecule has 3 aromatic rings. The van der Waals surface area contributed by atoms with Gasteiger partial charge < -0.3 is 13.9 Å². The number of amides is 1. The van der Waals surface area contributed by atoms with Gasteiger partial charge in [0.1, 0.15) is 21.6 Å². The molecule has 0 aliphatic carbocycles. The highest BCUT2D eigenvalue weighted by molar-refractivity contribution is 8.26. The average molecular weight is 494 g/mol. The number of furan rings is 1. The van der Waals surface area contributed by atoms with E-state index in [0.29, 0.717) is 45.9 Å². The zero-order valence-corrected chi connectivity index (χ0v) is 20.4. The Kier molecular flexibility index (Phi) is 7.49. The summed E-state index contributed by atoms with van der Waals surface area (Å²) in [4.78, 5) is 26.9. The van der Waals surface area contributed by atoms with Crippen molar-refractivity contribution in [2.24, 2.45) is 0 Å². The van der Waals surface area contributed by atoms with E-state index in [9.17, 15) is 9.59 Å². The van der Waals surface area contributed by atoms with Crippen LogP contribution in [0.5, 0.6) is 5.75 Å². The molecule has 0 bridgehead atoms. The van der Waals surface area contributed by atoms with Gasteiger partial charge in [-0.15, -0.1) is 0 Å². The summed E-state index contributed by atoms with van der Waals surface area (Å²) >= 11 is 6.71. The zero-order chi connectivity index (χ0) is 24.1. The van der Waals surface area contributed by atoms with E-state index in [2.05, 4.69) is 0 Å². The van der Waals surface area contributed by atoms with Crippen molar-refractivity contribution in [1.82, 2.24) is 4.90 Å². The maximum absolute atomic E-state index is 12.9. The molecule has 0 unspecified atom stereocenters. The molecule has 0 radical (unpaired) electrons. The van der Waals surface area contributed by atoms with Gasteiger partial charge in [-0.2, -0.15) is 0 Å². The van der Waals surface area contributed by atoms with Gasteiger partial charge in [0.15, 0.2) is 0 Å². The lowest BCUT2D eigenvalue weighted by Crippen LogP contribution is -2.30. The third-order valence-electron chi connectivity index (χ3n) is 5.24. The van der Waals surface area contributed by atoms with E-state index in [4.69, 9.17) is 26.1 Å². The summed E-state index contributed by atoms with van der Waals surface area (Å²) < 4.78 is 16.6. The summed E-state index contributed by atoms with van der Waals surface area (Å²) in [6.45, 7) is 2.60.